The molecule has 2 N–H and O–H groups in total. The van der Waals surface area contributed by atoms with E-state index in [9.17, 15) is 9.59 Å². The lowest BCUT2D eigenvalue weighted by Crippen LogP contribution is -2.19. The highest BCUT2D eigenvalue weighted by molar-refractivity contribution is 6.00. The summed E-state index contributed by atoms with van der Waals surface area (Å²) < 4.78 is 4.94. The van der Waals surface area contributed by atoms with E-state index in [-0.39, 0.29) is 14.9 Å². The summed E-state index contributed by atoms with van der Waals surface area (Å²) in [6.07, 6.45) is 1.95. The van der Waals surface area contributed by atoms with Crippen molar-refractivity contribution < 1.29 is 17.2 Å². The van der Waals surface area contributed by atoms with Crippen LogP contribution in [0.25, 0.3) is 5.70 Å². The molecule has 0 saturated carbocycles. The minimum absolute atomic E-state index is 0. The summed E-state index contributed by atoms with van der Waals surface area (Å²) in [7, 11) is 3.89. The Morgan fingerprint density at radius 2 is 1.50 bits per heavy atom. The number of hydrogen-bond donors (Lipinski definition) is 2. The van der Waals surface area contributed by atoms with Crippen LogP contribution in [-0.2, 0) is 4.74 Å². The van der Waals surface area contributed by atoms with E-state index < -0.39 is 0 Å². The quantitative estimate of drug-likeness (QED) is 0.381. The number of anilines is 2. The van der Waals surface area contributed by atoms with E-state index in [1.807, 2.05) is 63.2 Å². The summed E-state index contributed by atoms with van der Waals surface area (Å²) in [6, 6.07) is 13.6. The van der Waals surface area contributed by atoms with Crippen molar-refractivity contribution in [2.75, 3.05) is 31.3 Å². The molecule has 2 rings (SSSR count). The van der Waals surface area contributed by atoms with Crippen molar-refractivity contribution in [1.29, 1.82) is 0 Å². The van der Waals surface area contributed by atoms with Crippen LogP contribution in [-0.4, -0.2) is 43.4 Å². The molecule has 162 valence electrons. The van der Waals surface area contributed by atoms with Gasteiger partial charge in [0, 0.05) is 28.3 Å². The Morgan fingerprint density at radius 3 is 1.93 bits per heavy atom. The number of amides is 2. The minimum Gasteiger partial charge on any atom is -0.462 e. The molecule has 2 aromatic carbocycles. The second-order valence-corrected chi connectivity index (χ2v) is 6.68. The van der Waals surface area contributed by atoms with Gasteiger partial charge in [-0.1, -0.05) is 18.2 Å². The van der Waals surface area contributed by atoms with Crippen molar-refractivity contribution in [3.8, 4) is 0 Å². The van der Waals surface area contributed by atoms with Gasteiger partial charge in [-0.2, -0.15) is 0 Å². The molecule has 2 aromatic rings. The number of amidine groups is 1. The average molecular weight is 413 g/mol. The number of esters is 1. The molecule has 0 aliphatic heterocycles. The summed E-state index contributed by atoms with van der Waals surface area (Å²) in [5, 5.41) is 5.52. The summed E-state index contributed by atoms with van der Waals surface area (Å²) in [5.74, 6) is 0.512. The Labute approximate surface area is 180 Å². The lowest BCUT2D eigenvalue weighted by Gasteiger charge is -2.13. The summed E-state index contributed by atoms with van der Waals surface area (Å²) >= 11 is 0. The maximum absolute atomic E-state index is 12.2. The van der Waals surface area contributed by atoms with Gasteiger partial charge >= 0.3 is 12.0 Å². The van der Waals surface area contributed by atoms with E-state index in [0.717, 1.165) is 17.1 Å². The molecule has 30 heavy (non-hydrogen) atoms. The van der Waals surface area contributed by atoms with E-state index >= 15 is 0 Å². The molecule has 7 nitrogen and oxygen atoms in total. The maximum atomic E-state index is 12.2. The van der Waals surface area contributed by atoms with Gasteiger partial charge < -0.3 is 20.3 Å². The Bertz CT molecular complexity index is 941. The number of nitrogens with zero attached hydrogens (tertiary/aromatic N) is 2. The normalized spacial score (nSPS) is 11.6. The molecular formula is C23H32N4O3. The zero-order valence-corrected chi connectivity index (χ0v) is 18.0. The highest BCUT2D eigenvalue weighted by Crippen LogP contribution is 2.19. The molecule has 0 saturated heterocycles. The van der Waals surface area contributed by atoms with Crippen LogP contribution in [0.15, 0.2) is 59.6 Å². The lowest BCUT2D eigenvalue weighted by atomic mass is 10.1. The molecule has 0 heterocycles. The van der Waals surface area contributed by atoms with Crippen LogP contribution in [0.1, 0.15) is 39.5 Å². The fourth-order valence-electron chi connectivity index (χ4n) is 2.49. The Kier molecular flexibility index (Phi) is 8.17. The van der Waals surface area contributed by atoms with Gasteiger partial charge in [-0.15, -0.1) is 0 Å². The highest BCUT2D eigenvalue weighted by atomic mass is 16.5. The first-order valence-corrected chi connectivity index (χ1v) is 9.68. The molecular weight excluding hydrogens is 380 g/mol. The third kappa shape index (κ3) is 6.48. The van der Waals surface area contributed by atoms with Crippen LogP contribution in [0, 0.1) is 0 Å². The number of allylic oxidation sites excluding steroid dienone is 1. The number of hydrogen-bond acceptors (Lipinski definition) is 4. The number of rotatable bonds is 6. The van der Waals surface area contributed by atoms with Crippen molar-refractivity contribution in [3.63, 3.8) is 0 Å². The van der Waals surface area contributed by atoms with Crippen molar-refractivity contribution in [1.82, 2.24) is 4.90 Å². The average Bonchev–Trinajstić information content (AvgIpc) is 2.73. The first kappa shape index (κ1) is 22.7. The van der Waals surface area contributed by atoms with E-state index in [4.69, 9.17) is 4.74 Å². The second kappa shape index (κ2) is 10.8. The number of carbonyl (C=O) groups excluding carboxylic acids is 2. The van der Waals surface area contributed by atoms with Gasteiger partial charge in [0.15, 0.2) is 0 Å². The van der Waals surface area contributed by atoms with Gasteiger partial charge in [-0.3, -0.25) is 0 Å². The predicted octanol–water partition coefficient (Wildman–Crippen LogP) is 5.34. The topological polar surface area (TPSA) is 83.0 Å². The smallest absolute Gasteiger partial charge is 0.338 e. The number of aliphatic imine (C=N–C) groups is 1. The largest absolute Gasteiger partial charge is 0.462 e. The molecule has 0 aliphatic carbocycles. The summed E-state index contributed by atoms with van der Waals surface area (Å²) in [6.45, 7) is 5.96. The van der Waals surface area contributed by atoms with E-state index in [0.29, 0.717) is 23.5 Å². The van der Waals surface area contributed by atoms with Crippen LogP contribution in [0.5, 0.6) is 0 Å². The number of urea groups is 1. The number of carbonyl (C=O) groups is 2. The van der Waals surface area contributed by atoms with E-state index in [2.05, 4.69) is 15.6 Å². The van der Waals surface area contributed by atoms with Crippen LogP contribution >= 0.6 is 0 Å². The van der Waals surface area contributed by atoms with Gasteiger partial charge in [0.25, 0.3) is 0 Å². The minimum atomic E-state index is -0.390. The first-order chi connectivity index (χ1) is 14.3. The van der Waals surface area contributed by atoms with E-state index in [1.165, 1.54) is 0 Å². The molecule has 0 aromatic heterocycles. The zero-order chi connectivity index (χ0) is 22.1. The van der Waals surface area contributed by atoms with Crippen LogP contribution in [0.4, 0.5) is 16.2 Å². The molecule has 0 radical (unpaired) electrons. The Balaban J connectivity index is 0.00000480. The van der Waals surface area contributed by atoms with Crippen molar-refractivity contribution in [2.24, 2.45) is 4.99 Å². The van der Waals surface area contributed by atoms with Gasteiger partial charge in [0.05, 0.1) is 17.9 Å². The number of nitrogens with one attached hydrogen (secondary N) is 2. The Morgan fingerprint density at radius 1 is 1.00 bits per heavy atom. The molecule has 0 unspecified atom stereocenters. The lowest BCUT2D eigenvalue weighted by molar-refractivity contribution is 0.0526. The first-order valence-electron chi connectivity index (χ1n) is 9.68. The molecule has 2 amide bonds. The second-order valence-electron chi connectivity index (χ2n) is 6.68. The fourth-order valence-corrected chi connectivity index (χ4v) is 2.49. The molecule has 0 atom stereocenters. The fraction of sp³-hybridized carbons (Fsp3) is 0.261. The third-order valence-electron chi connectivity index (χ3n) is 4.30. The summed E-state index contributed by atoms with van der Waals surface area (Å²) in [4.78, 5) is 30.5. The number of ether oxygens (including phenoxy) is 1. The third-order valence-corrected chi connectivity index (χ3v) is 4.30. The van der Waals surface area contributed by atoms with Crippen molar-refractivity contribution in [2.45, 2.75) is 20.8 Å². The van der Waals surface area contributed by atoms with Crippen LogP contribution in [0.3, 0.4) is 0 Å². The van der Waals surface area contributed by atoms with Crippen molar-refractivity contribution in [3.05, 3.63) is 65.7 Å². The maximum Gasteiger partial charge on any atom is 0.338 e. The highest BCUT2D eigenvalue weighted by Gasteiger charge is 2.08. The SMILES string of the molecule is C/C=C(\N=C(C)N(C)C)c1ccc(NC(=O)Nc2ccc(C(=O)OCC)cc2)cc1.[HH].[HH]. The van der Waals surface area contributed by atoms with Gasteiger partial charge in [0.1, 0.15) is 5.84 Å². The predicted molar refractivity (Wildman–Crippen MR) is 126 cm³/mol. The van der Waals surface area contributed by atoms with Crippen LogP contribution in [0.2, 0.25) is 0 Å². The zero-order valence-electron chi connectivity index (χ0n) is 18.0. The number of benzene rings is 2. The van der Waals surface area contributed by atoms with Gasteiger partial charge in [-0.05, 0) is 62.7 Å². The molecule has 0 bridgehead atoms. The van der Waals surface area contributed by atoms with E-state index in [1.54, 1.807) is 31.2 Å². The van der Waals surface area contributed by atoms with Crippen LogP contribution < -0.4 is 10.6 Å². The monoisotopic (exact) mass is 412 g/mol. The van der Waals surface area contributed by atoms with Gasteiger partial charge in [-0.25, -0.2) is 14.6 Å². The summed E-state index contributed by atoms with van der Waals surface area (Å²) in [5.41, 5.74) is 3.48. The Hall–Kier alpha value is -3.61. The molecule has 7 heteroatoms. The molecule has 0 aliphatic rings. The molecule has 0 spiro atoms. The standard InChI is InChI=1S/C23H28N4O3.2H2/c1-6-21(24-16(3)27(4)5)17-8-12-19(13-9-17)25-23(29)26-20-14-10-18(11-15-20)22(28)30-7-2;;/h6,8-15H,7H2,1-5H3,(H2,25,26,29);2*1H/b21-6-,24-16?;;. The van der Waals surface area contributed by atoms with Crippen molar-refractivity contribution >= 4 is 34.9 Å². The molecule has 0 fully saturated rings. The van der Waals surface area contributed by atoms with Gasteiger partial charge in [0.2, 0.25) is 0 Å².